The van der Waals surface area contributed by atoms with Crippen LogP contribution in [0.4, 0.5) is 23.3 Å². The van der Waals surface area contributed by atoms with Crippen molar-refractivity contribution in [3.05, 3.63) is 48.1 Å². The number of carbonyl (C=O) groups excluding carboxylic acids is 1. The van der Waals surface area contributed by atoms with Gasteiger partial charge in [0.25, 0.3) is 0 Å². The minimum atomic E-state index is -0.116. The molecule has 0 spiro atoms. The number of piperidine rings is 1. The van der Waals surface area contributed by atoms with E-state index < -0.39 is 0 Å². The number of amides is 1. The summed E-state index contributed by atoms with van der Waals surface area (Å²) < 4.78 is 5.57. The Morgan fingerprint density at radius 2 is 2.00 bits per heavy atom. The number of nitrogens with one attached hydrogen (secondary N) is 2. The molecule has 2 aromatic heterocycles. The zero-order valence-electron chi connectivity index (χ0n) is 17.8. The molecule has 1 aliphatic heterocycles. The Balaban J connectivity index is 1.38. The molecule has 0 saturated carbocycles. The van der Waals surface area contributed by atoms with E-state index in [0.717, 1.165) is 55.9 Å². The summed E-state index contributed by atoms with van der Waals surface area (Å²) in [7, 11) is 0. The number of aryl methyl sites for hydroxylation is 1. The van der Waals surface area contributed by atoms with E-state index in [-0.39, 0.29) is 5.91 Å². The van der Waals surface area contributed by atoms with Crippen molar-refractivity contribution in [2.75, 3.05) is 28.6 Å². The normalized spacial score (nSPS) is 14.5. The van der Waals surface area contributed by atoms with Crippen molar-refractivity contribution >= 4 is 29.2 Å². The van der Waals surface area contributed by atoms with Gasteiger partial charge in [-0.1, -0.05) is 24.6 Å². The van der Waals surface area contributed by atoms with E-state index >= 15 is 0 Å². The molecule has 3 aromatic rings. The van der Waals surface area contributed by atoms with Crippen LogP contribution in [0.5, 0.6) is 0 Å². The molecule has 1 amide bonds. The third kappa shape index (κ3) is 5.36. The van der Waals surface area contributed by atoms with Gasteiger partial charge in [-0.15, -0.1) is 0 Å². The minimum absolute atomic E-state index is 0.116. The van der Waals surface area contributed by atoms with E-state index in [0.29, 0.717) is 23.5 Å². The first-order valence-corrected chi connectivity index (χ1v) is 10.6. The quantitative estimate of drug-likeness (QED) is 0.591. The molecule has 1 fully saturated rings. The number of anilines is 4. The van der Waals surface area contributed by atoms with Gasteiger partial charge in [0.05, 0.1) is 5.69 Å². The summed E-state index contributed by atoms with van der Waals surface area (Å²) in [6.45, 7) is 5.31. The van der Waals surface area contributed by atoms with Crippen LogP contribution in [0.25, 0.3) is 0 Å². The van der Waals surface area contributed by atoms with E-state index in [4.69, 9.17) is 4.52 Å². The predicted octanol–water partition coefficient (Wildman–Crippen LogP) is 3.90. The molecule has 1 saturated heterocycles. The van der Waals surface area contributed by atoms with Crippen LogP contribution in [0.15, 0.2) is 41.2 Å². The first-order valence-electron chi connectivity index (χ1n) is 10.6. The van der Waals surface area contributed by atoms with Gasteiger partial charge < -0.3 is 20.1 Å². The minimum Gasteiger partial charge on any atom is -0.361 e. The Labute approximate surface area is 181 Å². The summed E-state index contributed by atoms with van der Waals surface area (Å²) in [6.07, 6.45) is 5.47. The van der Waals surface area contributed by atoms with Gasteiger partial charge in [0, 0.05) is 43.4 Å². The highest BCUT2D eigenvalue weighted by molar-refractivity contribution is 5.89. The number of nitrogens with zero attached hydrogens (tertiary/aromatic N) is 5. The summed E-state index contributed by atoms with van der Waals surface area (Å²) in [6, 6.07) is 9.51. The van der Waals surface area contributed by atoms with E-state index in [2.05, 4.69) is 48.6 Å². The lowest BCUT2D eigenvalue weighted by atomic mass is 9.94. The molecule has 1 aromatic carbocycles. The van der Waals surface area contributed by atoms with Gasteiger partial charge in [-0.2, -0.15) is 4.98 Å². The fraction of sp³-hybridized carbons (Fsp3) is 0.409. The van der Waals surface area contributed by atoms with Crippen molar-refractivity contribution < 1.29 is 9.32 Å². The molecule has 9 nitrogen and oxygen atoms in total. The monoisotopic (exact) mass is 421 g/mol. The van der Waals surface area contributed by atoms with Crippen LogP contribution in [0.2, 0.25) is 0 Å². The average Bonchev–Trinajstić information content (AvgIpc) is 3.23. The molecular weight excluding hydrogens is 394 g/mol. The average molecular weight is 422 g/mol. The van der Waals surface area contributed by atoms with Gasteiger partial charge >= 0.3 is 0 Å². The molecule has 2 N–H and O–H groups in total. The Morgan fingerprint density at radius 3 is 2.77 bits per heavy atom. The standard InChI is InChI=1S/C22H27N7O2/c1-3-5-19-13-20(31-28-19)16-8-10-29(11-9-16)22-24-14-23-21(27-22)26-18-7-4-6-17(12-18)25-15(2)30/h4,6-7,12-14,16H,3,5,8-11H2,1-2H3,(H,25,30)(H,23,24,26,27). The van der Waals surface area contributed by atoms with Crippen molar-refractivity contribution in [3.63, 3.8) is 0 Å². The molecule has 9 heteroatoms. The largest absolute Gasteiger partial charge is 0.361 e. The van der Waals surface area contributed by atoms with Crippen LogP contribution >= 0.6 is 0 Å². The number of hydrogen-bond donors (Lipinski definition) is 2. The summed E-state index contributed by atoms with van der Waals surface area (Å²) in [5, 5.41) is 10.1. The highest BCUT2D eigenvalue weighted by atomic mass is 16.5. The van der Waals surface area contributed by atoms with Crippen molar-refractivity contribution in [3.8, 4) is 0 Å². The number of rotatable bonds is 7. The zero-order valence-corrected chi connectivity index (χ0v) is 17.8. The maximum Gasteiger partial charge on any atom is 0.231 e. The molecule has 31 heavy (non-hydrogen) atoms. The second-order valence-corrected chi connectivity index (χ2v) is 7.73. The lowest BCUT2D eigenvalue weighted by Crippen LogP contribution is -2.34. The topological polar surface area (TPSA) is 109 Å². The molecule has 0 radical (unpaired) electrons. The van der Waals surface area contributed by atoms with E-state index in [1.807, 2.05) is 24.3 Å². The fourth-order valence-electron chi connectivity index (χ4n) is 3.77. The molecule has 4 rings (SSSR count). The number of hydrogen-bond acceptors (Lipinski definition) is 8. The molecule has 3 heterocycles. The SMILES string of the molecule is CCCc1cc(C2CCN(c3ncnc(Nc4cccc(NC(C)=O)c4)n3)CC2)on1. The maximum absolute atomic E-state index is 11.3. The van der Waals surface area contributed by atoms with Crippen LogP contribution in [0.1, 0.15) is 50.5 Å². The van der Waals surface area contributed by atoms with Crippen LogP contribution in [-0.2, 0) is 11.2 Å². The highest BCUT2D eigenvalue weighted by Gasteiger charge is 2.25. The van der Waals surface area contributed by atoms with Gasteiger partial charge in [-0.3, -0.25) is 4.79 Å². The third-order valence-electron chi connectivity index (χ3n) is 5.26. The van der Waals surface area contributed by atoms with Gasteiger partial charge in [0.2, 0.25) is 17.8 Å². The Morgan fingerprint density at radius 1 is 1.19 bits per heavy atom. The van der Waals surface area contributed by atoms with Crippen LogP contribution in [0, 0.1) is 0 Å². The molecule has 162 valence electrons. The third-order valence-corrected chi connectivity index (χ3v) is 5.26. The highest BCUT2D eigenvalue weighted by Crippen LogP contribution is 2.30. The summed E-state index contributed by atoms with van der Waals surface area (Å²) in [5.41, 5.74) is 2.54. The second-order valence-electron chi connectivity index (χ2n) is 7.73. The van der Waals surface area contributed by atoms with Crippen molar-refractivity contribution in [1.82, 2.24) is 20.1 Å². The molecule has 0 aliphatic carbocycles. The molecule has 0 unspecified atom stereocenters. The van der Waals surface area contributed by atoms with Gasteiger partial charge in [0.1, 0.15) is 12.1 Å². The predicted molar refractivity (Wildman–Crippen MR) is 119 cm³/mol. The zero-order chi connectivity index (χ0) is 21.6. The van der Waals surface area contributed by atoms with Crippen molar-refractivity contribution in [1.29, 1.82) is 0 Å². The first kappa shape index (κ1) is 20.8. The van der Waals surface area contributed by atoms with E-state index in [9.17, 15) is 4.79 Å². The lowest BCUT2D eigenvalue weighted by Gasteiger charge is -2.30. The fourth-order valence-corrected chi connectivity index (χ4v) is 3.77. The van der Waals surface area contributed by atoms with Crippen molar-refractivity contribution in [2.24, 2.45) is 0 Å². The van der Waals surface area contributed by atoms with Crippen LogP contribution < -0.4 is 15.5 Å². The van der Waals surface area contributed by atoms with Gasteiger partial charge in [-0.25, -0.2) is 9.97 Å². The Hall–Kier alpha value is -3.49. The van der Waals surface area contributed by atoms with Crippen LogP contribution in [-0.4, -0.2) is 39.1 Å². The smallest absolute Gasteiger partial charge is 0.231 e. The van der Waals surface area contributed by atoms with Gasteiger partial charge in [-0.05, 0) is 37.5 Å². The first-order chi connectivity index (χ1) is 15.1. The molecule has 0 atom stereocenters. The lowest BCUT2D eigenvalue weighted by molar-refractivity contribution is -0.114. The maximum atomic E-state index is 11.3. The number of benzene rings is 1. The van der Waals surface area contributed by atoms with E-state index in [1.165, 1.54) is 13.3 Å². The summed E-state index contributed by atoms with van der Waals surface area (Å²) in [5.74, 6) is 2.37. The Kier molecular flexibility index (Phi) is 6.40. The van der Waals surface area contributed by atoms with Crippen LogP contribution in [0.3, 0.4) is 0 Å². The number of aromatic nitrogens is 4. The van der Waals surface area contributed by atoms with Gasteiger partial charge in [0.15, 0.2) is 0 Å². The molecular formula is C22H27N7O2. The summed E-state index contributed by atoms with van der Waals surface area (Å²) >= 11 is 0. The van der Waals surface area contributed by atoms with E-state index in [1.54, 1.807) is 0 Å². The van der Waals surface area contributed by atoms with Crippen molar-refractivity contribution in [2.45, 2.75) is 45.4 Å². The molecule has 0 bridgehead atoms. The number of carbonyl (C=O) groups is 1. The molecule has 1 aliphatic rings. The second kappa shape index (κ2) is 9.55. The Bertz CT molecular complexity index is 1030. The summed E-state index contributed by atoms with van der Waals surface area (Å²) in [4.78, 5) is 26.6.